The van der Waals surface area contributed by atoms with Crippen molar-refractivity contribution in [1.82, 2.24) is 15.0 Å². The molecular formula is C18H25N5O2S. The lowest BCUT2D eigenvalue weighted by molar-refractivity contribution is 0.556. The minimum atomic E-state index is -3.43. The molecule has 1 aliphatic heterocycles. The topological polar surface area (TPSA) is 79.3 Å². The highest BCUT2D eigenvalue weighted by atomic mass is 32.2. The number of sulfone groups is 1. The molecule has 3 heterocycles. The standard InChI is InChI=1S/C18H25N5O2S/c1-18(2,3)26(24,25)16-7-6-15(14-21-16)22-10-5-11-23(13-12-22)17-19-8-4-9-20-17/h4,6-9,14H,5,10-13H2,1-3H3. The highest BCUT2D eigenvalue weighted by Crippen LogP contribution is 2.25. The van der Waals surface area contributed by atoms with Crippen LogP contribution in [0.4, 0.5) is 11.6 Å². The number of hydrogen-bond donors (Lipinski definition) is 0. The van der Waals surface area contributed by atoms with Crippen LogP contribution in [0.1, 0.15) is 27.2 Å². The van der Waals surface area contributed by atoms with Gasteiger partial charge in [0.1, 0.15) is 0 Å². The van der Waals surface area contributed by atoms with E-state index in [0.29, 0.717) is 0 Å². The first-order valence-corrected chi connectivity index (χ1v) is 10.2. The molecule has 0 radical (unpaired) electrons. The minimum Gasteiger partial charge on any atom is -0.368 e. The molecule has 3 rings (SSSR count). The van der Waals surface area contributed by atoms with E-state index in [1.165, 1.54) is 0 Å². The highest BCUT2D eigenvalue weighted by molar-refractivity contribution is 7.92. The summed E-state index contributed by atoms with van der Waals surface area (Å²) in [6, 6.07) is 5.27. The SMILES string of the molecule is CC(C)(C)S(=O)(=O)c1ccc(N2CCCN(c3ncccn3)CC2)cn1. The van der Waals surface area contributed by atoms with Gasteiger partial charge in [-0.25, -0.2) is 23.4 Å². The van der Waals surface area contributed by atoms with Gasteiger partial charge in [0.2, 0.25) is 5.95 Å². The Hall–Kier alpha value is -2.22. The third-order valence-corrected chi connectivity index (χ3v) is 6.90. The van der Waals surface area contributed by atoms with E-state index in [2.05, 4.69) is 24.8 Å². The molecule has 0 unspecified atom stereocenters. The zero-order chi connectivity index (χ0) is 18.8. The van der Waals surface area contributed by atoms with Crippen LogP contribution in [0.25, 0.3) is 0 Å². The van der Waals surface area contributed by atoms with Crippen LogP contribution in [-0.4, -0.2) is 54.3 Å². The van der Waals surface area contributed by atoms with Crippen molar-refractivity contribution in [2.45, 2.75) is 37.0 Å². The maximum absolute atomic E-state index is 12.5. The van der Waals surface area contributed by atoms with Gasteiger partial charge in [0, 0.05) is 38.6 Å². The van der Waals surface area contributed by atoms with Crippen LogP contribution in [0.15, 0.2) is 41.8 Å². The van der Waals surface area contributed by atoms with Gasteiger partial charge in [0.05, 0.1) is 16.6 Å². The lowest BCUT2D eigenvalue weighted by Gasteiger charge is -2.24. The van der Waals surface area contributed by atoms with Crippen LogP contribution in [-0.2, 0) is 9.84 Å². The molecule has 140 valence electrons. The van der Waals surface area contributed by atoms with Crippen molar-refractivity contribution >= 4 is 21.5 Å². The summed E-state index contributed by atoms with van der Waals surface area (Å²) in [6.45, 7) is 8.46. The second kappa shape index (κ2) is 7.19. The summed E-state index contributed by atoms with van der Waals surface area (Å²) in [4.78, 5) is 17.3. The summed E-state index contributed by atoms with van der Waals surface area (Å²) in [7, 11) is -3.43. The van der Waals surface area contributed by atoms with Crippen molar-refractivity contribution < 1.29 is 8.42 Å². The number of hydrogen-bond acceptors (Lipinski definition) is 7. The Morgan fingerprint density at radius 1 is 0.923 bits per heavy atom. The minimum absolute atomic E-state index is 0.128. The fourth-order valence-electron chi connectivity index (χ4n) is 2.86. The fraction of sp³-hybridized carbons (Fsp3) is 0.500. The van der Waals surface area contributed by atoms with Crippen LogP contribution < -0.4 is 9.80 Å². The van der Waals surface area contributed by atoms with E-state index in [-0.39, 0.29) is 5.03 Å². The van der Waals surface area contributed by atoms with E-state index in [1.54, 1.807) is 45.4 Å². The second-order valence-electron chi connectivity index (χ2n) is 7.35. The predicted octanol–water partition coefficient (Wildman–Crippen LogP) is 2.16. The zero-order valence-electron chi connectivity index (χ0n) is 15.5. The molecule has 0 bridgehead atoms. The zero-order valence-corrected chi connectivity index (χ0v) is 16.3. The van der Waals surface area contributed by atoms with E-state index in [0.717, 1.165) is 44.2 Å². The molecular weight excluding hydrogens is 350 g/mol. The number of aromatic nitrogens is 3. The van der Waals surface area contributed by atoms with Gasteiger partial charge in [-0.2, -0.15) is 0 Å². The molecule has 0 N–H and O–H groups in total. The van der Waals surface area contributed by atoms with Gasteiger partial charge >= 0.3 is 0 Å². The molecule has 0 spiro atoms. The number of anilines is 2. The Morgan fingerprint density at radius 3 is 2.19 bits per heavy atom. The van der Waals surface area contributed by atoms with Crippen molar-refractivity contribution in [1.29, 1.82) is 0 Å². The summed E-state index contributed by atoms with van der Waals surface area (Å²) in [5, 5.41) is 0.128. The van der Waals surface area contributed by atoms with Gasteiger partial charge in [0.25, 0.3) is 0 Å². The third-order valence-electron chi connectivity index (χ3n) is 4.50. The Morgan fingerprint density at radius 2 is 1.58 bits per heavy atom. The van der Waals surface area contributed by atoms with Crippen molar-refractivity contribution in [3.8, 4) is 0 Å². The summed E-state index contributed by atoms with van der Waals surface area (Å²) in [5.74, 6) is 0.749. The Kier molecular flexibility index (Phi) is 5.13. The van der Waals surface area contributed by atoms with Gasteiger partial charge < -0.3 is 9.80 Å². The summed E-state index contributed by atoms with van der Waals surface area (Å²) in [5.41, 5.74) is 0.939. The first-order valence-electron chi connectivity index (χ1n) is 8.77. The van der Waals surface area contributed by atoms with Crippen molar-refractivity contribution in [3.63, 3.8) is 0 Å². The molecule has 0 atom stereocenters. The molecule has 1 aliphatic rings. The van der Waals surface area contributed by atoms with Gasteiger partial charge in [-0.05, 0) is 45.4 Å². The summed E-state index contributed by atoms with van der Waals surface area (Å²) < 4.78 is 24.1. The summed E-state index contributed by atoms with van der Waals surface area (Å²) >= 11 is 0. The smallest absolute Gasteiger partial charge is 0.225 e. The first-order chi connectivity index (χ1) is 12.3. The summed E-state index contributed by atoms with van der Waals surface area (Å²) in [6.07, 6.45) is 6.14. The second-order valence-corrected chi connectivity index (χ2v) is 10.00. The van der Waals surface area contributed by atoms with Gasteiger partial charge in [-0.15, -0.1) is 0 Å². The van der Waals surface area contributed by atoms with Gasteiger partial charge in [0.15, 0.2) is 14.9 Å². The van der Waals surface area contributed by atoms with Gasteiger partial charge in [-0.3, -0.25) is 0 Å². The monoisotopic (exact) mass is 375 g/mol. The van der Waals surface area contributed by atoms with E-state index in [4.69, 9.17) is 0 Å². The Balaban J connectivity index is 1.72. The average molecular weight is 375 g/mol. The third kappa shape index (κ3) is 3.80. The lowest BCUT2D eigenvalue weighted by atomic mass is 10.3. The average Bonchev–Trinajstić information content (AvgIpc) is 2.88. The largest absolute Gasteiger partial charge is 0.368 e. The highest BCUT2D eigenvalue weighted by Gasteiger charge is 2.32. The molecule has 2 aromatic rings. The molecule has 0 aliphatic carbocycles. The molecule has 0 saturated carbocycles. The maximum Gasteiger partial charge on any atom is 0.225 e. The Bertz CT molecular complexity index is 832. The van der Waals surface area contributed by atoms with Crippen LogP contribution in [0.2, 0.25) is 0 Å². The van der Waals surface area contributed by atoms with Crippen molar-refractivity contribution in [3.05, 3.63) is 36.8 Å². The van der Waals surface area contributed by atoms with E-state index >= 15 is 0 Å². The van der Waals surface area contributed by atoms with E-state index in [1.807, 2.05) is 12.1 Å². The Labute approximate surface area is 155 Å². The molecule has 1 saturated heterocycles. The molecule has 0 aromatic carbocycles. The predicted molar refractivity (Wildman–Crippen MR) is 102 cm³/mol. The van der Waals surface area contributed by atoms with Crippen LogP contribution >= 0.6 is 0 Å². The molecule has 0 amide bonds. The molecule has 2 aromatic heterocycles. The van der Waals surface area contributed by atoms with E-state index < -0.39 is 14.6 Å². The maximum atomic E-state index is 12.5. The van der Waals surface area contributed by atoms with Crippen molar-refractivity contribution in [2.24, 2.45) is 0 Å². The van der Waals surface area contributed by atoms with Crippen LogP contribution in [0.5, 0.6) is 0 Å². The van der Waals surface area contributed by atoms with E-state index in [9.17, 15) is 8.42 Å². The molecule has 7 nitrogen and oxygen atoms in total. The quantitative estimate of drug-likeness (QED) is 0.813. The van der Waals surface area contributed by atoms with Gasteiger partial charge in [-0.1, -0.05) is 0 Å². The molecule has 1 fully saturated rings. The molecule has 8 heteroatoms. The van der Waals surface area contributed by atoms with Crippen LogP contribution in [0, 0.1) is 0 Å². The number of nitrogens with zero attached hydrogens (tertiary/aromatic N) is 5. The first kappa shape index (κ1) is 18.6. The lowest BCUT2D eigenvalue weighted by Crippen LogP contribution is -2.32. The number of rotatable bonds is 3. The van der Waals surface area contributed by atoms with Crippen molar-refractivity contribution in [2.75, 3.05) is 36.0 Å². The molecule has 26 heavy (non-hydrogen) atoms. The van der Waals surface area contributed by atoms with Crippen LogP contribution in [0.3, 0.4) is 0 Å². The normalized spacial score (nSPS) is 16.4. The fourth-order valence-corrected chi connectivity index (χ4v) is 3.93. The number of pyridine rings is 1.